The van der Waals surface area contributed by atoms with Crippen LogP contribution in [0.15, 0.2) is 0 Å². The third-order valence-electron chi connectivity index (χ3n) is 3.38. The highest BCUT2D eigenvalue weighted by atomic mass is 32.1. The van der Waals surface area contributed by atoms with Crippen LogP contribution in [-0.2, 0) is 13.0 Å². The molecule has 0 amide bonds. The summed E-state index contributed by atoms with van der Waals surface area (Å²) in [5.74, 6) is 2.96. The second-order valence-corrected chi connectivity index (χ2v) is 6.28. The molecule has 0 spiro atoms. The molecule has 7 nitrogen and oxygen atoms in total. The molecule has 0 aliphatic heterocycles. The zero-order chi connectivity index (χ0) is 15.0. The maximum atomic E-state index is 4.67. The standard InChI is InChI=1S/C13H19N7S/c1-5-6-11-15-16-13-20(11)18-12(21-13)8(2)7-19-10(4)14-9(3)17-19/h8H,5-7H2,1-4H3. The molecule has 0 aliphatic rings. The van der Waals surface area contributed by atoms with Crippen LogP contribution in [0, 0.1) is 13.8 Å². The second-order valence-electron chi connectivity index (χ2n) is 5.29. The summed E-state index contributed by atoms with van der Waals surface area (Å²) >= 11 is 1.60. The summed E-state index contributed by atoms with van der Waals surface area (Å²) in [6.45, 7) is 8.95. The molecule has 3 aromatic rings. The Morgan fingerprint density at radius 1 is 1.19 bits per heavy atom. The van der Waals surface area contributed by atoms with Crippen molar-refractivity contribution in [2.75, 3.05) is 0 Å². The minimum absolute atomic E-state index is 0.269. The number of nitrogens with zero attached hydrogens (tertiary/aromatic N) is 7. The lowest BCUT2D eigenvalue weighted by atomic mass is 10.2. The molecule has 8 heteroatoms. The number of aryl methyl sites for hydroxylation is 3. The highest BCUT2D eigenvalue weighted by molar-refractivity contribution is 7.16. The lowest BCUT2D eigenvalue weighted by molar-refractivity contribution is 0.521. The van der Waals surface area contributed by atoms with Gasteiger partial charge in [-0.1, -0.05) is 25.2 Å². The average Bonchev–Trinajstić information content (AvgIpc) is 3.07. The van der Waals surface area contributed by atoms with E-state index in [-0.39, 0.29) is 5.92 Å². The summed E-state index contributed by atoms with van der Waals surface area (Å²) in [7, 11) is 0. The average molecular weight is 305 g/mol. The molecule has 1 unspecified atom stereocenters. The first-order chi connectivity index (χ1) is 10.1. The smallest absolute Gasteiger partial charge is 0.234 e. The van der Waals surface area contributed by atoms with Gasteiger partial charge < -0.3 is 0 Å². The van der Waals surface area contributed by atoms with E-state index in [9.17, 15) is 0 Å². The fraction of sp³-hybridized carbons (Fsp3) is 0.615. The molecule has 1 atom stereocenters. The fourth-order valence-corrected chi connectivity index (χ4v) is 3.22. The first-order valence-electron chi connectivity index (χ1n) is 7.17. The van der Waals surface area contributed by atoms with Crippen LogP contribution >= 0.6 is 11.3 Å². The normalized spacial score (nSPS) is 13.1. The molecule has 0 saturated carbocycles. The number of hydrogen-bond acceptors (Lipinski definition) is 6. The molecule has 0 fully saturated rings. The highest BCUT2D eigenvalue weighted by Crippen LogP contribution is 2.24. The van der Waals surface area contributed by atoms with Crippen molar-refractivity contribution in [1.82, 2.24) is 34.6 Å². The summed E-state index contributed by atoms with van der Waals surface area (Å²) in [6.07, 6.45) is 1.95. The molecule has 112 valence electrons. The molecular weight excluding hydrogens is 286 g/mol. The van der Waals surface area contributed by atoms with Crippen molar-refractivity contribution in [3.63, 3.8) is 0 Å². The minimum atomic E-state index is 0.269. The number of fused-ring (bicyclic) bond motifs is 1. The molecule has 0 bridgehead atoms. The van der Waals surface area contributed by atoms with Gasteiger partial charge in [-0.2, -0.15) is 14.7 Å². The molecule has 0 aliphatic carbocycles. The first-order valence-corrected chi connectivity index (χ1v) is 7.99. The third kappa shape index (κ3) is 2.67. The molecular formula is C13H19N7S. The maximum Gasteiger partial charge on any atom is 0.234 e. The molecule has 3 heterocycles. The van der Waals surface area contributed by atoms with E-state index >= 15 is 0 Å². The topological polar surface area (TPSA) is 73.8 Å². The summed E-state index contributed by atoms with van der Waals surface area (Å²) in [5.41, 5.74) is 0. The number of rotatable bonds is 5. The Hall–Kier alpha value is -1.83. The van der Waals surface area contributed by atoms with Gasteiger partial charge >= 0.3 is 0 Å². The largest absolute Gasteiger partial charge is 0.249 e. The maximum absolute atomic E-state index is 4.67. The molecule has 0 radical (unpaired) electrons. The van der Waals surface area contributed by atoms with Crippen molar-refractivity contribution < 1.29 is 0 Å². The van der Waals surface area contributed by atoms with E-state index in [1.807, 2.05) is 23.0 Å². The van der Waals surface area contributed by atoms with Crippen molar-refractivity contribution in [3.8, 4) is 0 Å². The van der Waals surface area contributed by atoms with E-state index in [0.717, 1.165) is 46.8 Å². The van der Waals surface area contributed by atoms with Crippen molar-refractivity contribution >= 4 is 16.3 Å². The zero-order valence-electron chi connectivity index (χ0n) is 12.7. The Labute approximate surface area is 127 Å². The van der Waals surface area contributed by atoms with E-state index in [1.54, 1.807) is 11.3 Å². The monoisotopic (exact) mass is 305 g/mol. The quantitative estimate of drug-likeness (QED) is 0.722. The fourth-order valence-electron chi connectivity index (χ4n) is 2.32. The van der Waals surface area contributed by atoms with E-state index in [0.29, 0.717) is 0 Å². The third-order valence-corrected chi connectivity index (χ3v) is 4.51. The Balaban J connectivity index is 1.84. The van der Waals surface area contributed by atoms with E-state index in [1.165, 1.54) is 0 Å². The lowest BCUT2D eigenvalue weighted by Gasteiger charge is -2.08. The van der Waals surface area contributed by atoms with E-state index in [4.69, 9.17) is 0 Å². The zero-order valence-corrected chi connectivity index (χ0v) is 13.6. The Kier molecular flexibility index (Phi) is 3.71. The second kappa shape index (κ2) is 5.51. The minimum Gasteiger partial charge on any atom is -0.249 e. The van der Waals surface area contributed by atoms with Gasteiger partial charge in [0, 0.05) is 12.3 Å². The number of aromatic nitrogens is 7. The van der Waals surface area contributed by atoms with Crippen LogP contribution < -0.4 is 0 Å². The molecule has 21 heavy (non-hydrogen) atoms. The summed E-state index contributed by atoms with van der Waals surface area (Å²) in [6, 6.07) is 0. The number of hydrogen-bond donors (Lipinski definition) is 0. The van der Waals surface area contributed by atoms with Gasteiger partial charge in [-0.25, -0.2) is 9.67 Å². The van der Waals surface area contributed by atoms with Gasteiger partial charge in [-0.3, -0.25) is 0 Å². The van der Waals surface area contributed by atoms with E-state index in [2.05, 4.69) is 39.2 Å². The van der Waals surface area contributed by atoms with Gasteiger partial charge in [-0.15, -0.1) is 10.2 Å². The van der Waals surface area contributed by atoms with Crippen LogP contribution in [0.25, 0.3) is 4.96 Å². The van der Waals surface area contributed by atoms with Gasteiger partial charge in [0.15, 0.2) is 5.82 Å². The summed E-state index contributed by atoms with van der Waals surface area (Å²) in [4.78, 5) is 5.20. The van der Waals surface area contributed by atoms with Crippen LogP contribution in [0.4, 0.5) is 0 Å². The summed E-state index contributed by atoms with van der Waals surface area (Å²) < 4.78 is 3.81. The Morgan fingerprint density at radius 3 is 2.67 bits per heavy atom. The van der Waals surface area contributed by atoms with E-state index < -0.39 is 0 Å². The van der Waals surface area contributed by atoms with Crippen LogP contribution in [0.3, 0.4) is 0 Å². The van der Waals surface area contributed by atoms with Gasteiger partial charge in [0.2, 0.25) is 4.96 Å². The molecule has 0 N–H and O–H groups in total. The van der Waals surface area contributed by atoms with Crippen LogP contribution in [0.1, 0.15) is 48.7 Å². The van der Waals surface area contributed by atoms with Gasteiger partial charge in [0.05, 0.1) is 6.54 Å². The molecule has 0 saturated heterocycles. The van der Waals surface area contributed by atoms with Crippen LogP contribution in [0.5, 0.6) is 0 Å². The van der Waals surface area contributed by atoms with Crippen LogP contribution in [0.2, 0.25) is 0 Å². The van der Waals surface area contributed by atoms with Crippen molar-refractivity contribution in [1.29, 1.82) is 0 Å². The SMILES string of the molecule is CCCc1nnc2sc(C(C)Cn3nc(C)nc3C)nn12. The van der Waals surface area contributed by atoms with Crippen molar-refractivity contribution in [2.24, 2.45) is 0 Å². The first kappa shape index (κ1) is 14.1. The molecule has 3 rings (SSSR count). The van der Waals surface area contributed by atoms with Gasteiger partial charge in [-0.05, 0) is 20.3 Å². The van der Waals surface area contributed by atoms with Gasteiger partial charge in [0.1, 0.15) is 16.7 Å². The highest BCUT2D eigenvalue weighted by Gasteiger charge is 2.17. The molecule has 3 aromatic heterocycles. The predicted molar refractivity (Wildman–Crippen MR) is 80.6 cm³/mol. The van der Waals surface area contributed by atoms with Crippen molar-refractivity contribution in [2.45, 2.75) is 53.0 Å². The predicted octanol–water partition coefficient (Wildman–Crippen LogP) is 2.15. The lowest BCUT2D eigenvalue weighted by Crippen LogP contribution is -2.10. The Morgan fingerprint density at radius 2 is 2.00 bits per heavy atom. The molecule has 0 aromatic carbocycles. The van der Waals surface area contributed by atoms with Crippen molar-refractivity contribution in [3.05, 3.63) is 22.5 Å². The van der Waals surface area contributed by atoms with Gasteiger partial charge in [0.25, 0.3) is 0 Å². The Bertz CT molecular complexity index is 754. The van der Waals surface area contributed by atoms with Crippen LogP contribution in [-0.4, -0.2) is 34.6 Å². The summed E-state index contributed by atoms with van der Waals surface area (Å²) in [5, 5.41) is 18.5.